The molecule has 0 fully saturated rings. The van der Waals surface area contributed by atoms with Crippen LogP contribution in [0.3, 0.4) is 0 Å². The van der Waals surface area contributed by atoms with Crippen molar-refractivity contribution in [2.45, 2.75) is 25.2 Å². The molecule has 0 unspecified atom stereocenters. The molecule has 0 radical (unpaired) electrons. The highest BCUT2D eigenvalue weighted by atomic mass is 32.2. The van der Waals surface area contributed by atoms with E-state index < -0.39 is 10.0 Å². The van der Waals surface area contributed by atoms with Crippen molar-refractivity contribution < 1.29 is 17.9 Å². The first-order chi connectivity index (χ1) is 14.0. The molecule has 2 rings (SSSR count). The molecule has 7 heteroatoms. The van der Waals surface area contributed by atoms with Gasteiger partial charge in [-0.3, -0.25) is 4.79 Å². The Labute approximate surface area is 179 Å². The number of ether oxygens (including phenoxy) is 1. The molecule has 0 bridgehead atoms. The maximum atomic E-state index is 12.5. The molecule has 162 valence electrons. The van der Waals surface area contributed by atoms with Crippen LogP contribution < -0.4 is 10.1 Å². The van der Waals surface area contributed by atoms with Crippen molar-refractivity contribution in [3.05, 3.63) is 65.7 Å². The Balaban J connectivity index is 2.06. The number of carbonyl (C=O) groups is 1. The van der Waals surface area contributed by atoms with Crippen LogP contribution in [0, 0.1) is 5.41 Å². The molecule has 0 saturated heterocycles. The molecule has 30 heavy (non-hydrogen) atoms. The van der Waals surface area contributed by atoms with Crippen LogP contribution in [0.2, 0.25) is 0 Å². The second-order valence-electron chi connectivity index (χ2n) is 8.08. The third kappa shape index (κ3) is 6.43. The molecule has 2 aromatic carbocycles. The lowest BCUT2D eigenvalue weighted by atomic mass is 9.85. The summed E-state index contributed by atoms with van der Waals surface area (Å²) in [6.07, 6.45) is 3.85. The largest absolute Gasteiger partial charge is 0.495 e. The Morgan fingerprint density at radius 2 is 1.80 bits per heavy atom. The van der Waals surface area contributed by atoms with Crippen LogP contribution >= 0.6 is 0 Å². The molecule has 0 aromatic heterocycles. The van der Waals surface area contributed by atoms with Gasteiger partial charge in [-0.1, -0.05) is 50.2 Å². The highest BCUT2D eigenvalue weighted by Gasteiger charge is 2.22. The van der Waals surface area contributed by atoms with Crippen LogP contribution in [0.15, 0.2) is 59.5 Å². The fourth-order valence-corrected chi connectivity index (χ4v) is 4.05. The lowest BCUT2D eigenvalue weighted by molar-refractivity contribution is -0.116. The summed E-state index contributed by atoms with van der Waals surface area (Å²) < 4.78 is 31.3. The topological polar surface area (TPSA) is 75.7 Å². The zero-order valence-electron chi connectivity index (χ0n) is 18.2. The van der Waals surface area contributed by atoms with E-state index in [0.717, 1.165) is 10.7 Å². The van der Waals surface area contributed by atoms with Gasteiger partial charge in [0.1, 0.15) is 10.6 Å². The monoisotopic (exact) mass is 430 g/mol. The summed E-state index contributed by atoms with van der Waals surface area (Å²) in [6.45, 7) is 4.73. The first-order valence-electron chi connectivity index (χ1n) is 9.65. The molecular weight excluding hydrogens is 400 g/mol. The van der Waals surface area contributed by atoms with Gasteiger partial charge in [0.2, 0.25) is 15.9 Å². The lowest BCUT2D eigenvalue weighted by Crippen LogP contribution is -2.34. The fraction of sp³-hybridized carbons (Fsp3) is 0.348. The smallest absolute Gasteiger partial charge is 0.246 e. The average molecular weight is 431 g/mol. The van der Waals surface area contributed by atoms with E-state index in [2.05, 4.69) is 31.3 Å². The third-order valence-electron chi connectivity index (χ3n) is 4.64. The SMILES string of the molecule is COc1ccc(/C=C/C(=O)NCC(C)(C)Cc2ccccc2)cc1S(=O)(=O)N(C)C. The van der Waals surface area contributed by atoms with Gasteiger partial charge in [-0.2, -0.15) is 0 Å². The number of methoxy groups -OCH3 is 1. The van der Waals surface area contributed by atoms with Gasteiger partial charge in [-0.25, -0.2) is 12.7 Å². The molecule has 2 aromatic rings. The highest BCUT2D eigenvalue weighted by Crippen LogP contribution is 2.27. The molecule has 0 aliphatic rings. The molecule has 0 spiro atoms. The van der Waals surface area contributed by atoms with Crippen LogP contribution in [0.5, 0.6) is 5.75 Å². The van der Waals surface area contributed by atoms with Crippen LogP contribution in [0.1, 0.15) is 25.0 Å². The van der Waals surface area contributed by atoms with Crippen LogP contribution in [-0.2, 0) is 21.2 Å². The summed E-state index contributed by atoms with van der Waals surface area (Å²) >= 11 is 0. The van der Waals surface area contributed by atoms with Gasteiger partial charge in [0.15, 0.2) is 0 Å². The van der Waals surface area contributed by atoms with Crippen LogP contribution in [0.4, 0.5) is 0 Å². The van der Waals surface area contributed by atoms with Gasteiger partial charge in [-0.05, 0) is 41.2 Å². The third-order valence-corrected chi connectivity index (χ3v) is 6.48. The van der Waals surface area contributed by atoms with Crippen molar-refractivity contribution in [2.75, 3.05) is 27.7 Å². The van der Waals surface area contributed by atoms with Gasteiger partial charge in [0.25, 0.3) is 0 Å². The van der Waals surface area contributed by atoms with Crippen LogP contribution in [-0.4, -0.2) is 46.4 Å². The Hall–Kier alpha value is -2.64. The zero-order chi connectivity index (χ0) is 22.4. The molecule has 0 atom stereocenters. The molecular formula is C23H30N2O4S. The maximum absolute atomic E-state index is 12.5. The minimum atomic E-state index is -3.67. The maximum Gasteiger partial charge on any atom is 0.246 e. The number of sulfonamides is 1. The minimum absolute atomic E-state index is 0.0570. The number of carbonyl (C=O) groups excluding carboxylic acids is 1. The van der Waals surface area contributed by atoms with E-state index >= 15 is 0 Å². The Kier molecular flexibility index (Phi) is 7.81. The van der Waals surface area contributed by atoms with Gasteiger partial charge in [0.05, 0.1) is 7.11 Å². The zero-order valence-corrected chi connectivity index (χ0v) is 19.0. The molecule has 0 aliphatic heterocycles. The molecule has 0 saturated carbocycles. The predicted molar refractivity (Wildman–Crippen MR) is 120 cm³/mol. The first-order valence-corrected chi connectivity index (χ1v) is 11.1. The van der Waals surface area contributed by atoms with E-state index in [9.17, 15) is 13.2 Å². The molecule has 0 aliphatic carbocycles. The Bertz CT molecular complexity index is 997. The lowest BCUT2D eigenvalue weighted by Gasteiger charge is -2.24. The van der Waals surface area contributed by atoms with Crippen molar-refractivity contribution in [1.82, 2.24) is 9.62 Å². The summed E-state index contributed by atoms with van der Waals surface area (Å²) in [4.78, 5) is 12.3. The van der Waals surface area contributed by atoms with Gasteiger partial charge < -0.3 is 10.1 Å². The van der Waals surface area contributed by atoms with Gasteiger partial charge in [0, 0.05) is 26.7 Å². The second kappa shape index (κ2) is 9.91. The standard InChI is InChI=1S/C23H30N2O4S/c1-23(2,16-19-9-7-6-8-10-19)17-24-22(26)14-12-18-11-13-20(29-5)21(15-18)30(27,28)25(3)4/h6-15H,16-17H2,1-5H3,(H,24,26)/b14-12+. The predicted octanol–water partition coefficient (Wildman–Crippen LogP) is 3.34. The number of benzene rings is 2. The van der Waals surface area contributed by atoms with E-state index in [-0.39, 0.29) is 22.0 Å². The summed E-state index contributed by atoms with van der Waals surface area (Å²) in [5.41, 5.74) is 1.72. The van der Waals surface area contributed by atoms with Crippen molar-refractivity contribution >= 4 is 22.0 Å². The van der Waals surface area contributed by atoms with Gasteiger partial charge >= 0.3 is 0 Å². The number of hydrogen-bond donors (Lipinski definition) is 1. The van der Waals surface area contributed by atoms with Crippen LogP contribution in [0.25, 0.3) is 6.08 Å². The molecule has 1 amide bonds. The summed E-state index contributed by atoms with van der Waals surface area (Å²) in [7, 11) is 0.675. The average Bonchev–Trinajstić information content (AvgIpc) is 2.71. The molecule has 0 heterocycles. The van der Waals surface area contributed by atoms with E-state index in [1.165, 1.54) is 38.9 Å². The highest BCUT2D eigenvalue weighted by molar-refractivity contribution is 7.89. The Morgan fingerprint density at radius 3 is 2.40 bits per heavy atom. The fourth-order valence-electron chi connectivity index (χ4n) is 2.96. The number of hydrogen-bond acceptors (Lipinski definition) is 4. The summed E-state index contributed by atoms with van der Waals surface area (Å²) in [5.74, 6) is 0.0249. The van der Waals surface area contributed by atoms with Crippen molar-refractivity contribution in [2.24, 2.45) is 5.41 Å². The number of rotatable bonds is 9. The normalized spacial score (nSPS) is 12.3. The summed E-state index contributed by atoms with van der Waals surface area (Å²) in [6, 6.07) is 14.9. The van der Waals surface area contributed by atoms with E-state index in [1.807, 2.05) is 18.2 Å². The minimum Gasteiger partial charge on any atom is -0.495 e. The van der Waals surface area contributed by atoms with E-state index in [4.69, 9.17) is 4.74 Å². The molecule has 6 nitrogen and oxygen atoms in total. The van der Waals surface area contributed by atoms with E-state index in [0.29, 0.717) is 12.1 Å². The van der Waals surface area contributed by atoms with Gasteiger partial charge in [-0.15, -0.1) is 0 Å². The Morgan fingerprint density at radius 1 is 1.13 bits per heavy atom. The first kappa shape index (κ1) is 23.6. The summed E-state index contributed by atoms with van der Waals surface area (Å²) in [5, 5.41) is 2.92. The quantitative estimate of drug-likeness (QED) is 0.619. The number of amides is 1. The second-order valence-corrected chi connectivity index (χ2v) is 10.2. The number of nitrogens with zero attached hydrogens (tertiary/aromatic N) is 1. The number of nitrogens with one attached hydrogen (secondary N) is 1. The van der Waals surface area contributed by atoms with Crippen molar-refractivity contribution in [3.63, 3.8) is 0 Å². The van der Waals surface area contributed by atoms with Crippen molar-refractivity contribution in [1.29, 1.82) is 0 Å². The van der Waals surface area contributed by atoms with E-state index in [1.54, 1.807) is 18.2 Å². The molecule has 1 N–H and O–H groups in total. The van der Waals surface area contributed by atoms with Crippen molar-refractivity contribution in [3.8, 4) is 5.75 Å².